The van der Waals surface area contributed by atoms with Gasteiger partial charge in [-0.1, -0.05) is 31.0 Å². The Bertz CT molecular complexity index is 359. The summed E-state index contributed by atoms with van der Waals surface area (Å²) >= 11 is 3.40. The Morgan fingerprint density at radius 1 is 1.50 bits per heavy atom. The van der Waals surface area contributed by atoms with Gasteiger partial charge in [-0.15, -0.1) is 11.3 Å². The molecule has 2 rings (SSSR count). The lowest BCUT2D eigenvalue weighted by Gasteiger charge is -2.19. The van der Waals surface area contributed by atoms with Crippen LogP contribution in [0.1, 0.15) is 37.8 Å². The van der Waals surface area contributed by atoms with E-state index in [1.807, 2.05) is 17.1 Å². The third kappa shape index (κ3) is 3.49. The van der Waals surface area contributed by atoms with Crippen LogP contribution < -0.4 is 0 Å². The second kappa shape index (κ2) is 5.68. The second-order valence-electron chi connectivity index (χ2n) is 4.05. The van der Waals surface area contributed by atoms with E-state index >= 15 is 0 Å². The van der Waals surface area contributed by atoms with Crippen molar-refractivity contribution in [3.05, 3.63) is 11.1 Å². The van der Waals surface area contributed by atoms with Crippen molar-refractivity contribution >= 4 is 29.1 Å². The summed E-state index contributed by atoms with van der Waals surface area (Å²) < 4.78 is 1.03. The van der Waals surface area contributed by atoms with Crippen molar-refractivity contribution in [2.75, 3.05) is 0 Å². The molecule has 3 nitrogen and oxygen atoms in total. The van der Waals surface area contributed by atoms with Gasteiger partial charge in [0.1, 0.15) is 4.34 Å². The Morgan fingerprint density at radius 2 is 2.25 bits per heavy atom. The van der Waals surface area contributed by atoms with Crippen LogP contribution in [0.2, 0.25) is 0 Å². The van der Waals surface area contributed by atoms with Crippen LogP contribution in [0.25, 0.3) is 0 Å². The third-order valence-corrected chi connectivity index (χ3v) is 5.04. The third-order valence-electron chi connectivity index (χ3n) is 2.68. The molecule has 0 aromatic carbocycles. The number of hydrogen-bond acceptors (Lipinski definition) is 4. The fraction of sp³-hybridized carbons (Fsp3) is 0.636. The fourth-order valence-electron chi connectivity index (χ4n) is 1.90. The van der Waals surface area contributed by atoms with Crippen LogP contribution in [0.5, 0.6) is 0 Å². The van der Waals surface area contributed by atoms with E-state index in [2.05, 4.69) is 4.98 Å². The molecule has 0 aliphatic heterocycles. The molecule has 1 aliphatic carbocycles. The molecule has 0 amide bonds. The molecule has 0 spiro atoms. The summed E-state index contributed by atoms with van der Waals surface area (Å²) in [4.78, 5) is 14.9. The molecule has 1 aromatic rings. The van der Waals surface area contributed by atoms with Gasteiger partial charge in [0.15, 0.2) is 0 Å². The zero-order valence-corrected chi connectivity index (χ0v) is 10.6. The van der Waals surface area contributed by atoms with E-state index in [1.54, 1.807) is 11.3 Å². The molecule has 0 unspecified atom stereocenters. The monoisotopic (exact) mass is 257 g/mol. The van der Waals surface area contributed by atoms with E-state index in [0.29, 0.717) is 10.9 Å². The normalized spacial score (nSPS) is 17.5. The van der Waals surface area contributed by atoms with Gasteiger partial charge in [-0.2, -0.15) is 0 Å². The Balaban J connectivity index is 1.88. The SMILES string of the molecule is O=C(O)Cc1csc(SC2CCCCC2)n1. The molecule has 1 heterocycles. The van der Waals surface area contributed by atoms with Gasteiger partial charge < -0.3 is 5.11 Å². The highest BCUT2D eigenvalue weighted by Crippen LogP contribution is 2.35. The maximum atomic E-state index is 10.5. The lowest BCUT2D eigenvalue weighted by molar-refractivity contribution is -0.136. The number of carboxylic acid groups (broad SMARTS) is 1. The van der Waals surface area contributed by atoms with E-state index in [0.717, 1.165) is 4.34 Å². The van der Waals surface area contributed by atoms with Gasteiger partial charge in [0, 0.05) is 10.6 Å². The maximum absolute atomic E-state index is 10.5. The number of carboxylic acids is 1. The number of carbonyl (C=O) groups is 1. The molecule has 16 heavy (non-hydrogen) atoms. The van der Waals surface area contributed by atoms with Gasteiger partial charge in [0.25, 0.3) is 0 Å². The van der Waals surface area contributed by atoms with E-state index in [4.69, 9.17) is 5.11 Å². The van der Waals surface area contributed by atoms with Crippen LogP contribution in [-0.4, -0.2) is 21.3 Å². The largest absolute Gasteiger partial charge is 0.481 e. The van der Waals surface area contributed by atoms with Crippen molar-refractivity contribution < 1.29 is 9.90 Å². The first kappa shape index (κ1) is 11.9. The molecule has 0 atom stereocenters. The zero-order chi connectivity index (χ0) is 11.4. The molecule has 0 radical (unpaired) electrons. The smallest absolute Gasteiger partial charge is 0.309 e. The highest BCUT2D eigenvalue weighted by atomic mass is 32.2. The number of nitrogens with zero attached hydrogens (tertiary/aromatic N) is 1. The van der Waals surface area contributed by atoms with Gasteiger partial charge >= 0.3 is 5.97 Å². The average molecular weight is 257 g/mol. The van der Waals surface area contributed by atoms with E-state index in [9.17, 15) is 4.79 Å². The van der Waals surface area contributed by atoms with Crippen molar-refractivity contribution in [1.29, 1.82) is 0 Å². The summed E-state index contributed by atoms with van der Waals surface area (Å²) in [6, 6.07) is 0. The van der Waals surface area contributed by atoms with Gasteiger partial charge in [-0.05, 0) is 12.8 Å². The molecule has 1 N–H and O–H groups in total. The van der Waals surface area contributed by atoms with E-state index in [-0.39, 0.29) is 6.42 Å². The standard InChI is InChI=1S/C11H15NO2S2/c13-10(14)6-8-7-15-11(12-8)16-9-4-2-1-3-5-9/h7,9H,1-6H2,(H,13,14). The quantitative estimate of drug-likeness (QED) is 0.900. The van der Waals surface area contributed by atoms with Gasteiger partial charge in [0.2, 0.25) is 0 Å². The van der Waals surface area contributed by atoms with E-state index in [1.165, 1.54) is 32.1 Å². The Kier molecular flexibility index (Phi) is 4.23. The van der Waals surface area contributed by atoms with Crippen LogP contribution in [0.4, 0.5) is 0 Å². The van der Waals surface area contributed by atoms with Crippen LogP contribution in [0.15, 0.2) is 9.72 Å². The Morgan fingerprint density at radius 3 is 2.94 bits per heavy atom. The number of rotatable bonds is 4. The molecular formula is C11H15NO2S2. The predicted octanol–water partition coefficient (Wildman–Crippen LogP) is 3.20. The molecule has 0 bridgehead atoms. The molecule has 5 heteroatoms. The molecule has 1 aromatic heterocycles. The molecule has 0 saturated heterocycles. The zero-order valence-electron chi connectivity index (χ0n) is 9.02. The topological polar surface area (TPSA) is 50.2 Å². The number of aliphatic carboxylic acids is 1. The van der Waals surface area contributed by atoms with Gasteiger partial charge in [0.05, 0.1) is 12.1 Å². The summed E-state index contributed by atoms with van der Waals surface area (Å²) in [5, 5.41) is 11.2. The highest BCUT2D eigenvalue weighted by molar-refractivity contribution is 8.01. The molecular weight excluding hydrogens is 242 g/mol. The van der Waals surface area contributed by atoms with Crippen LogP contribution in [-0.2, 0) is 11.2 Å². The lowest BCUT2D eigenvalue weighted by atomic mass is 10.0. The summed E-state index contributed by atoms with van der Waals surface area (Å²) in [6.07, 6.45) is 6.61. The number of hydrogen-bond donors (Lipinski definition) is 1. The van der Waals surface area contributed by atoms with Crippen LogP contribution in [0.3, 0.4) is 0 Å². The van der Waals surface area contributed by atoms with Gasteiger partial charge in [-0.25, -0.2) is 4.98 Å². The van der Waals surface area contributed by atoms with Crippen molar-refractivity contribution in [1.82, 2.24) is 4.98 Å². The predicted molar refractivity (Wildman–Crippen MR) is 66.2 cm³/mol. The summed E-state index contributed by atoms with van der Waals surface area (Å²) in [7, 11) is 0. The van der Waals surface area contributed by atoms with Crippen molar-refractivity contribution in [2.45, 2.75) is 48.1 Å². The van der Waals surface area contributed by atoms with Crippen LogP contribution in [0, 0.1) is 0 Å². The molecule has 1 fully saturated rings. The minimum absolute atomic E-state index is 0.0434. The van der Waals surface area contributed by atoms with E-state index < -0.39 is 5.97 Å². The van der Waals surface area contributed by atoms with Gasteiger partial charge in [-0.3, -0.25) is 4.79 Å². The Hall–Kier alpha value is -0.550. The summed E-state index contributed by atoms with van der Waals surface area (Å²) in [6.45, 7) is 0. The number of aromatic nitrogens is 1. The van der Waals surface area contributed by atoms with Crippen LogP contribution >= 0.6 is 23.1 Å². The second-order valence-corrected chi connectivity index (χ2v) is 6.46. The van der Waals surface area contributed by atoms with Crippen molar-refractivity contribution in [3.8, 4) is 0 Å². The highest BCUT2D eigenvalue weighted by Gasteiger charge is 2.16. The lowest BCUT2D eigenvalue weighted by Crippen LogP contribution is -2.07. The first-order valence-corrected chi connectivity index (χ1v) is 7.33. The minimum atomic E-state index is -0.806. The first-order chi connectivity index (χ1) is 7.74. The number of thiazole rings is 1. The molecule has 1 aliphatic rings. The Labute approximate surface area is 103 Å². The van der Waals surface area contributed by atoms with Crippen molar-refractivity contribution in [2.24, 2.45) is 0 Å². The number of thioether (sulfide) groups is 1. The average Bonchev–Trinajstić information content (AvgIpc) is 2.66. The maximum Gasteiger partial charge on any atom is 0.309 e. The minimum Gasteiger partial charge on any atom is -0.481 e. The first-order valence-electron chi connectivity index (χ1n) is 5.57. The van der Waals surface area contributed by atoms with Crippen molar-refractivity contribution in [3.63, 3.8) is 0 Å². The fourth-order valence-corrected chi connectivity index (χ4v) is 4.25. The molecule has 1 saturated carbocycles. The summed E-state index contributed by atoms with van der Waals surface area (Å²) in [5.41, 5.74) is 0.691. The summed E-state index contributed by atoms with van der Waals surface area (Å²) in [5.74, 6) is -0.806. The molecule has 88 valence electrons.